The van der Waals surface area contributed by atoms with Crippen LogP contribution in [0.15, 0.2) is 30.3 Å². The number of ether oxygens (including phenoxy) is 2. The van der Waals surface area contributed by atoms with Gasteiger partial charge in [-0.1, -0.05) is 25.1 Å². The second-order valence-corrected chi connectivity index (χ2v) is 5.31. The van der Waals surface area contributed by atoms with Gasteiger partial charge in [-0.25, -0.2) is 4.79 Å². The highest BCUT2D eigenvalue weighted by Crippen LogP contribution is 2.25. The van der Waals surface area contributed by atoms with Crippen LogP contribution in [0.5, 0.6) is 0 Å². The van der Waals surface area contributed by atoms with Gasteiger partial charge in [0, 0.05) is 5.69 Å². The lowest BCUT2D eigenvalue weighted by Gasteiger charge is -2.28. The standard InChI is InChI=1S/C16H23NO5/c1-4-16(10-18,14(19)22-12(2)3)11-21-15(20)17-13-8-6-5-7-9-13/h5-9,12,18H,4,10-11H2,1-3H3,(H,17,20). The van der Waals surface area contributed by atoms with Crippen molar-refractivity contribution in [3.63, 3.8) is 0 Å². The van der Waals surface area contributed by atoms with Crippen molar-refractivity contribution in [2.24, 2.45) is 5.41 Å². The van der Waals surface area contributed by atoms with E-state index >= 15 is 0 Å². The Morgan fingerprint density at radius 2 is 1.91 bits per heavy atom. The van der Waals surface area contributed by atoms with E-state index in [0.717, 1.165) is 0 Å². The van der Waals surface area contributed by atoms with Gasteiger partial charge in [0.15, 0.2) is 0 Å². The molecule has 122 valence electrons. The van der Waals surface area contributed by atoms with Gasteiger partial charge in [0.2, 0.25) is 0 Å². The smallest absolute Gasteiger partial charge is 0.411 e. The van der Waals surface area contributed by atoms with Gasteiger partial charge in [-0.2, -0.15) is 0 Å². The minimum atomic E-state index is -1.24. The second kappa shape index (κ2) is 8.38. The average Bonchev–Trinajstić information content (AvgIpc) is 2.49. The molecule has 0 aliphatic heterocycles. The van der Waals surface area contributed by atoms with Crippen LogP contribution in [0.1, 0.15) is 27.2 Å². The summed E-state index contributed by atoms with van der Waals surface area (Å²) in [7, 11) is 0. The molecule has 22 heavy (non-hydrogen) atoms. The summed E-state index contributed by atoms with van der Waals surface area (Å²) in [6, 6.07) is 8.81. The molecule has 1 aromatic carbocycles. The molecular weight excluding hydrogens is 286 g/mol. The van der Waals surface area contributed by atoms with Crippen molar-refractivity contribution >= 4 is 17.7 Å². The third-order valence-corrected chi connectivity index (χ3v) is 3.25. The molecule has 0 saturated carbocycles. The van der Waals surface area contributed by atoms with Crippen LogP contribution in [0.25, 0.3) is 0 Å². The van der Waals surface area contributed by atoms with E-state index in [-0.39, 0.29) is 12.7 Å². The Kier molecular flexibility index (Phi) is 6.85. The molecule has 0 aliphatic carbocycles. The topological polar surface area (TPSA) is 84.9 Å². The molecule has 1 rings (SSSR count). The quantitative estimate of drug-likeness (QED) is 0.756. The number of carbonyl (C=O) groups is 2. The Balaban J connectivity index is 2.63. The fourth-order valence-corrected chi connectivity index (χ4v) is 1.75. The van der Waals surface area contributed by atoms with Gasteiger partial charge in [0.1, 0.15) is 12.0 Å². The molecule has 2 N–H and O–H groups in total. The number of aliphatic hydroxyl groups excluding tert-OH is 1. The molecule has 0 fully saturated rings. The van der Waals surface area contributed by atoms with Crippen LogP contribution < -0.4 is 5.32 Å². The number of nitrogens with one attached hydrogen (secondary N) is 1. The largest absolute Gasteiger partial charge is 0.462 e. The lowest BCUT2D eigenvalue weighted by Crippen LogP contribution is -2.42. The Bertz CT molecular complexity index is 483. The predicted molar refractivity (Wildman–Crippen MR) is 82.5 cm³/mol. The number of carbonyl (C=O) groups excluding carboxylic acids is 2. The summed E-state index contributed by atoms with van der Waals surface area (Å²) < 4.78 is 10.2. The normalized spacial score (nSPS) is 13.3. The molecule has 1 aromatic rings. The Hall–Kier alpha value is -2.08. The number of hydrogen-bond donors (Lipinski definition) is 2. The van der Waals surface area contributed by atoms with Crippen LogP contribution in [0.2, 0.25) is 0 Å². The summed E-state index contributed by atoms with van der Waals surface area (Å²) in [4.78, 5) is 23.9. The van der Waals surface area contributed by atoms with Gasteiger partial charge in [0.25, 0.3) is 0 Å². The zero-order valence-corrected chi connectivity index (χ0v) is 13.2. The van der Waals surface area contributed by atoms with Crippen LogP contribution >= 0.6 is 0 Å². The minimum Gasteiger partial charge on any atom is -0.462 e. The number of para-hydroxylation sites is 1. The molecule has 1 unspecified atom stereocenters. The van der Waals surface area contributed by atoms with Crippen molar-refractivity contribution in [2.75, 3.05) is 18.5 Å². The van der Waals surface area contributed by atoms with E-state index in [9.17, 15) is 14.7 Å². The van der Waals surface area contributed by atoms with Gasteiger partial charge in [0.05, 0.1) is 12.7 Å². The third kappa shape index (κ3) is 5.04. The Morgan fingerprint density at radius 3 is 2.41 bits per heavy atom. The van der Waals surface area contributed by atoms with Gasteiger partial charge in [-0.3, -0.25) is 10.1 Å². The number of aliphatic hydroxyl groups is 1. The molecule has 0 heterocycles. The van der Waals surface area contributed by atoms with E-state index < -0.39 is 24.1 Å². The first-order valence-electron chi connectivity index (χ1n) is 7.24. The molecular formula is C16H23NO5. The third-order valence-electron chi connectivity index (χ3n) is 3.25. The number of benzene rings is 1. The number of anilines is 1. The first-order valence-corrected chi connectivity index (χ1v) is 7.24. The summed E-state index contributed by atoms with van der Waals surface area (Å²) >= 11 is 0. The van der Waals surface area contributed by atoms with E-state index in [2.05, 4.69) is 5.32 Å². The van der Waals surface area contributed by atoms with Crippen molar-refractivity contribution in [1.29, 1.82) is 0 Å². The zero-order valence-electron chi connectivity index (χ0n) is 13.2. The maximum Gasteiger partial charge on any atom is 0.411 e. The van der Waals surface area contributed by atoms with Gasteiger partial charge in [-0.05, 0) is 32.4 Å². The van der Waals surface area contributed by atoms with E-state index in [1.807, 2.05) is 6.07 Å². The highest BCUT2D eigenvalue weighted by molar-refractivity contribution is 5.85. The van der Waals surface area contributed by atoms with Crippen LogP contribution in [0.3, 0.4) is 0 Å². The molecule has 0 aromatic heterocycles. The van der Waals surface area contributed by atoms with E-state index in [1.165, 1.54) is 0 Å². The monoisotopic (exact) mass is 309 g/mol. The number of amides is 1. The fourth-order valence-electron chi connectivity index (χ4n) is 1.75. The van der Waals surface area contributed by atoms with Crippen LogP contribution in [0, 0.1) is 5.41 Å². The molecule has 0 radical (unpaired) electrons. The van der Waals surface area contributed by atoms with Gasteiger partial charge >= 0.3 is 12.1 Å². The van der Waals surface area contributed by atoms with Gasteiger partial charge in [-0.15, -0.1) is 0 Å². The maximum atomic E-state index is 12.1. The van der Waals surface area contributed by atoms with Crippen molar-refractivity contribution in [3.05, 3.63) is 30.3 Å². The summed E-state index contributed by atoms with van der Waals surface area (Å²) in [6.07, 6.45) is -0.689. The van der Waals surface area contributed by atoms with Crippen molar-refractivity contribution in [3.8, 4) is 0 Å². The highest BCUT2D eigenvalue weighted by atomic mass is 16.6. The van der Waals surface area contributed by atoms with E-state index in [1.54, 1.807) is 45.0 Å². The molecule has 6 heteroatoms. The van der Waals surface area contributed by atoms with Crippen LogP contribution in [0.4, 0.5) is 10.5 Å². The second-order valence-electron chi connectivity index (χ2n) is 5.31. The Morgan fingerprint density at radius 1 is 1.27 bits per heavy atom. The van der Waals surface area contributed by atoms with Crippen molar-refractivity contribution in [2.45, 2.75) is 33.3 Å². The molecule has 0 saturated heterocycles. The maximum absolute atomic E-state index is 12.1. The summed E-state index contributed by atoms with van der Waals surface area (Å²) in [5.41, 5.74) is -0.651. The van der Waals surface area contributed by atoms with Crippen LogP contribution in [-0.4, -0.2) is 36.5 Å². The summed E-state index contributed by atoms with van der Waals surface area (Å²) in [6.45, 7) is 4.48. The minimum absolute atomic E-state index is 0.246. The molecule has 1 atom stereocenters. The lowest BCUT2D eigenvalue weighted by molar-refractivity contribution is -0.165. The molecule has 1 amide bonds. The summed E-state index contributed by atoms with van der Waals surface area (Å²) in [5.74, 6) is -0.569. The van der Waals surface area contributed by atoms with E-state index in [0.29, 0.717) is 12.1 Å². The average molecular weight is 309 g/mol. The van der Waals surface area contributed by atoms with Crippen LogP contribution in [-0.2, 0) is 14.3 Å². The number of esters is 1. The fraction of sp³-hybridized carbons (Fsp3) is 0.500. The summed E-state index contributed by atoms with van der Waals surface area (Å²) in [5, 5.41) is 12.1. The SMILES string of the molecule is CCC(CO)(COC(=O)Nc1ccccc1)C(=O)OC(C)C. The Labute approximate surface area is 130 Å². The highest BCUT2D eigenvalue weighted by Gasteiger charge is 2.40. The number of rotatable bonds is 7. The molecule has 0 spiro atoms. The molecule has 6 nitrogen and oxygen atoms in total. The first kappa shape index (κ1) is 18.0. The van der Waals surface area contributed by atoms with Crippen molar-refractivity contribution < 1.29 is 24.2 Å². The molecule has 0 bridgehead atoms. The van der Waals surface area contributed by atoms with E-state index in [4.69, 9.17) is 9.47 Å². The molecule has 0 aliphatic rings. The van der Waals surface area contributed by atoms with Crippen molar-refractivity contribution in [1.82, 2.24) is 0 Å². The lowest BCUT2D eigenvalue weighted by atomic mass is 9.87. The number of hydrogen-bond acceptors (Lipinski definition) is 5. The van der Waals surface area contributed by atoms with Gasteiger partial charge < -0.3 is 14.6 Å². The zero-order chi connectivity index (χ0) is 16.6. The predicted octanol–water partition coefficient (Wildman–Crippen LogP) is 2.58. The first-order chi connectivity index (χ1) is 10.4.